The second-order valence-corrected chi connectivity index (χ2v) is 3.42. The van der Waals surface area contributed by atoms with Crippen molar-refractivity contribution in [3.63, 3.8) is 0 Å². The SMILES string of the molecule is c1cc(-c2nncn2C2CC2)cnn1. The van der Waals surface area contributed by atoms with E-state index in [1.165, 1.54) is 12.8 Å². The number of hydrogen-bond acceptors (Lipinski definition) is 4. The lowest BCUT2D eigenvalue weighted by Gasteiger charge is -2.02. The van der Waals surface area contributed by atoms with E-state index in [1.807, 2.05) is 6.07 Å². The molecule has 14 heavy (non-hydrogen) atoms. The molecule has 0 aromatic carbocycles. The third-order valence-corrected chi connectivity index (χ3v) is 2.36. The van der Waals surface area contributed by atoms with E-state index in [0.717, 1.165) is 11.4 Å². The van der Waals surface area contributed by atoms with Gasteiger partial charge in [0.15, 0.2) is 5.82 Å². The van der Waals surface area contributed by atoms with E-state index in [1.54, 1.807) is 18.7 Å². The van der Waals surface area contributed by atoms with Crippen LogP contribution in [0.25, 0.3) is 11.4 Å². The van der Waals surface area contributed by atoms with Crippen LogP contribution in [-0.4, -0.2) is 25.0 Å². The maximum absolute atomic E-state index is 4.09. The molecule has 0 spiro atoms. The van der Waals surface area contributed by atoms with Gasteiger partial charge in [-0.3, -0.25) is 0 Å². The van der Waals surface area contributed by atoms with E-state index in [2.05, 4.69) is 25.0 Å². The monoisotopic (exact) mass is 187 g/mol. The molecule has 0 unspecified atom stereocenters. The highest BCUT2D eigenvalue weighted by molar-refractivity contribution is 5.52. The van der Waals surface area contributed by atoms with Crippen molar-refractivity contribution in [2.24, 2.45) is 0 Å². The molecule has 0 radical (unpaired) electrons. The van der Waals surface area contributed by atoms with Gasteiger partial charge in [-0.05, 0) is 18.9 Å². The first-order valence-electron chi connectivity index (χ1n) is 4.62. The van der Waals surface area contributed by atoms with Crippen LogP contribution in [0.5, 0.6) is 0 Å². The second kappa shape index (κ2) is 2.87. The summed E-state index contributed by atoms with van der Waals surface area (Å²) in [5.41, 5.74) is 0.976. The number of rotatable bonds is 2. The first-order valence-corrected chi connectivity index (χ1v) is 4.62. The molecule has 0 aliphatic heterocycles. The molecule has 5 heteroatoms. The molecule has 70 valence electrons. The molecule has 1 saturated carbocycles. The molecule has 3 rings (SSSR count). The average Bonchev–Trinajstić information content (AvgIpc) is 2.98. The zero-order valence-electron chi connectivity index (χ0n) is 7.54. The molecule has 0 bridgehead atoms. The second-order valence-electron chi connectivity index (χ2n) is 3.42. The van der Waals surface area contributed by atoms with Crippen LogP contribution < -0.4 is 0 Å². The van der Waals surface area contributed by atoms with Gasteiger partial charge < -0.3 is 4.57 Å². The largest absolute Gasteiger partial charge is 0.310 e. The summed E-state index contributed by atoms with van der Waals surface area (Å²) in [5.74, 6) is 0.891. The molecule has 2 heterocycles. The highest BCUT2D eigenvalue weighted by atomic mass is 15.3. The van der Waals surface area contributed by atoms with Crippen molar-refractivity contribution in [3.05, 3.63) is 24.8 Å². The minimum atomic E-state index is 0.591. The number of hydrogen-bond donors (Lipinski definition) is 0. The predicted molar refractivity (Wildman–Crippen MR) is 49.3 cm³/mol. The standard InChI is InChI=1S/C9H9N5/c1-2-8(1)14-6-12-13-9(14)7-3-4-10-11-5-7/h3-6,8H,1-2H2. The lowest BCUT2D eigenvalue weighted by Crippen LogP contribution is -1.96. The van der Waals surface area contributed by atoms with Gasteiger partial charge in [0.1, 0.15) is 6.33 Å². The van der Waals surface area contributed by atoms with Crippen molar-refractivity contribution in [3.8, 4) is 11.4 Å². The fourth-order valence-corrected chi connectivity index (χ4v) is 1.49. The summed E-state index contributed by atoms with van der Waals surface area (Å²) < 4.78 is 2.11. The van der Waals surface area contributed by atoms with E-state index in [9.17, 15) is 0 Å². The molecular formula is C9H9N5. The zero-order chi connectivity index (χ0) is 9.38. The van der Waals surface area contributed by atoms with E-state index < -0.39 is 0 Å². The summed E-state index contributed by atoms with van der Waals surface area (Å²) in [7, 11) is 0. The molecular weight excluding hydrogens is 178 g/mol. The topological polar surface area (TPSA) is 56.5 Å². The molecule has 5 nitrogen and oxygen atoms in total. The zero-order valence-corrected chi connectivity index (χ0v) is 7.54. The van der Waals surface area contributed by atoms with Gasteiger partial charge in [0.05, 0.1) is 12.4 Å². The van der Waals surface area contributed by atoms with Gasteiger partial charge >= 0.3 is 0 Å². The maximum atomic E-state index is 4.09. The van der Waals surface area contributed by atoms with Crippen molar-refractivity contribution in [2.75, 3.05) is 0 Å². The third kappa shape index (κ3) is 1.17. The van der Waals surface area contributed by atoms with E-state index in [4.69, 9.17) is 0 Å². The predicted octanol–water partition coefficient (Wildman–Crippen LogP) is 1.07. The van der Waals surface area contributed by atoms with E-state index in [0.29, 0.717) is 6.04 Å². The Balaban J connectivity index is 2.07. The van der Waals surface area contributed by atoms with Crippen LogP contribution in [-0.2, 0) is 0 Å². The minimum absolute atomic E-state index is 0.591. The summed E-state index contributed by atoms with van der Waals surface area (Å²) in [4.78, 5) is 0. The Bertz CT molecular complexity index is 431. The minimum Gasteiger partial charge on any atom is -0.310 e. The van der Waals surface area contributed by atoms with Gasteiger partial charge in [0.2, 0.25) is 0 Å². The summed E-state index contributed by atoms with van der Waals surface area (Å²) >= 11 is 0. The van der Waals surface area contributed by atoms with Crippen LogP contribution in [0.4, 0.5) is 0 Å². The summed E-state index contributed by atoms with van der Waals surface area (Å²) in [5, 5.41) is 15.6. The summed E-state index contributed by atoms with van der Waals surface area (Å²) in [6, 6.07) is 2.49. The van der Waals surface area contributed by atoms with Crippen LogP contribution in [0, 0.1) is 0 Å². The van der Waals surface area contributed by atoms with Crippen molar-refractivity contribution in [1.82, 2.24) is 25.0 Å². The van der Waals surface area contributed by atoms with Gasteiger partial charge in [-0.15, -0.1) is 10.2 Å². The molecule has 0 N–H and O–H groups in total. The molecule has 1 aliphatic carbocycles. The van der Waals surface area contributed by atoms with Gasteiger partial charge in [-0.1, -0.05) is 0 Å². The summed E-state index contributed by atoms with van der Waals surface area (Å²) in [6.07, 6.45) is 7.62. The van der Waals surface area contributed by atoms with Crippen molar-refractivity contribution in [1.29, 1.82) is 0 Å². The number of nitrogens with zero attached hydrogens (tertiary/aromatic N) is 5. The number of aromatic nitrogens is 5. The molecule has 2 aromatic heterocycles. The molecule has 2 aromatic rings. The first-order chi connectivity index (χ1) is 6.95. The Kier molecular flexibility index (Phi) is 1.56. The molecule has 1 fully saturated rings. The van der Waals surface area contributed by atoms with Gasteiger partial charge in [0.25, 0.3) is 0 Å². The van der Waals surface area contributed by atoms with Gasteiger partial charge in [0, 0.05) is 11.6 Å². The molecule has 0 atom stereocenters. The van der Waals surface area contributed by atoms with Crippen LogP contribution >= 0.6 is 0 Å². The van der Waals surface area contributed by atoms with E-state index in [-0.39, 0.29) is 0 Å². The fourth-order valence-electron chi connectivity index (χ4n) is 1.49. The smallest absolute Gasteiger partial charge is 0.165 e. The molecule has 0 amide bonds. The van der Waals surface area contributed by atoms with Crippen LogP contribution in [0.3, 0.4) is 0 Å². The van der Waals surface area contributed by atoms with Crippen LogP contribution in [0.2, 0.25) is 0 Å². The molecule has 0 saturated heterocycles. The summed E-state index contributed by atoms with van der Waals surface area (Å²) in [6.45, 7) is 0. The first kappa shape index (κ1) is 7.61. The van der Waals surface area contributed by atoms with Crippen LogP contribution in [0.1, 0.15) is 18.9 Å². The lowest BCUT2D eigenvalue weighted by molar-refractivity contribution is 0.745. The lowest BCUT2D eigenvalue weighted by atomic mass is 10.3. The molecule has 1 aliphatic rings. The van der Waals surface area contributed by atoms with Crippen molar-refractivity contribution >= 4 is 0 Å². The van der Waals surface area contributed by atoms with Gasteiger partial charge in [-0.25, -0.2) is 0 Å². The fraction of sp³-hybridized carbons (Fsp3) is 0.333. The van der Waals surface area contributed by atoms with Crippen molar-refractivity contribution in [2.45, 2.75) is 18.9 Å². The highest BCUT2D eigenvalue weighted by Gasteiger charge is 2.26. The van der Waals surface area contributed by atoms with Crippen molar-refractivity contribution < 1.29 is 0 Å². The normalized spacial score (nSPS) is 15.7. The Morgan fingerprint density at radius 2 is 2.14 bits per heavy atom. The highest BCUT2D eigenvalue weighted by Crippen LogP contribution is 2.37. The van der Waals surface area contributed by atoms with Crippen LogP contribution in [0.15, 0.2) is 24.8 Å². The third-order valence-electron chi connectivity index (χ3n) is 2.36. The quantitative estimate of drug-likeness (QED) is 0.705. The Hall–Kier alpha value is -1.78. The van der Waals surface area contributed by atoms with Gasteiger partial charge in [-0.2, -0.15) is 10.2 Å². The Morgan fingerprint density at radius 1 is 1.21 bits per heavy atom. The Labute approximate surface area is 80.8 Å². The Morgan fingerprint density at radius 3 is 2.86 bits per heavy atom. The maximum Gasteiger partial charge on any atom is 0.165 e. The average molecular weight is 187 g/mol. The van der Waals surface area contributed by atoms with E-state index >= 15 is 0 Å².